The van der Waals surface area contributed by atoms with Crippen LogP contribution in [0.1, 0.15) is 13.8 Å². The van der Waals surface area contributed by atoms with Gasteiger partial charge < -0.3 is 15.0 Å². The van der Waals surface area contributed by atoms with Gasteiger partial charge in [-0.25, -0.2) is 4.98 Å². The summed E-state index contributed by atoms with van der Waals surface area (Å²) in [6, 6.07) is -0.0112. The van der Waals surface area contributed by atoms with Crippen LogP contribution in [-0.2, 0) is 6.54 Å². The minimum absolute atomic E-state index is 0.0112. The average Bonchev–Trinajstić information content (AvgIpc) is 2.33. The Kier molecular flexibility index (Phi) is 5.50. The Morgan fingerprint density at radius 2 is 2.35 bits per heavy atom. The van der Waals surface area contributed by atoms with Gasteiger partial charge in [-0.3, -0.25) is 4.79 Å². The Morgan fingerprint density at radius 3 is 2.88 bits per heavy atom. The average molecular weight is 257 g/mol. The van der Waals surface area contributed by atoms with Crippen molar-refractivity contribution in [3.8, 4) is 0 Å². The third kappa shape index (κ3) is 3.47. The smallest absolute Gasteiger partial charge is 0.293 e. The van der Waals surface area contributed by atoms with Crippen molar-refractivity contribution in [2.75, 3.05) is 18.2 Å². The highest BCUT2D eigenvalue weighted by atomic mass is 32.2. The molecule has 0 bridgehead atoms. The van der Waals surface area contributed by atoms with E-state index in [9.17, 15) is 9.90 Å². The highest BCUT2D eigenvalue weighted by Crippen LogP contribution is 2.12. The van der Waals surface area contributed by atoms with E-state index < -0.39 is 0 Å². The van der Waals surface area contributed by atoms with E-state index >= 15 is 0 Å². The number of hydrogen-bond donors (Lipinski definition) is 2. The highest BCUT2D eigenvalue weighted by molar-refractivity contribution is 7.99. The first-order chi connectivity index (χ1) is 8.13. The van der Waals surface area contributed by atoms with Crippen molar-refractivity contribution >= 4 is 17.6 Å². The van der Waals surface area contributed by atoms with Crippen LogP contribution in [0.5, 0.6) is 0 Å². The first kappa shape index (κ1) is 14.1. The maximum atomic E-state index is 11.9. The Morgan fingerprint density at radius 1 is 1.65 bits per heavy atom. The number of thioether (sulfide) groups is 1. The SMILES string of the molecule is CCn1ccnc(NC(C)C(CO)SC)c1=O. The fraction of sp³-hybridized carbons (Fsp3) is 0.636. The molecule has 0 saturated heterocycles. The maximum absolute atomic E-state index is 11.9. The van der Waals surface area contributed by atoms with Crippen LogP contribution in [0.25, 0.3) is 0 Å². The summed E-state index contributed by atoms with van der Waals surface area (Å²) in [7, 11) is 0. The summed E-state index contributed by atoms with van der Waals surface area (Å²) in [6.07, 6.45) is 5.20. The van der Waals surface area contributed by atoms with Crippen LogP contribution in [0.4, 0.5) is 5.82 Å². The molecule has 0 aliphatic heterocycles. The van der Waals surface area contributed by atoms with Gasteiger partial charge in [-0.05, 0) is 20.1 Å². The number of nitrogens with one attached hydrogen (secondary N) is 1. The lowest BCUT2D eigenvalue weighted by atomic mass is 10.2. The van der Waals surface area contributed by atoms with Gasteiger partial charge >= 0.3 is 0 Å². The zero-order chi connectivity index (χ0) is 12.8. The third-order valence-electron chi connectivity index (χ3n) is 2.66. The molecule has 96 valence electrons. The molecule has 6 heteroatoms. The van der Waals surface area contributed by atoms with Crippen molar-refractivity contribution < 1.29 is 5.11 Å². The van der Waals surface area contributed by atoms with Crippen LogP contribution in [0.3, 0.4) is 0 Å². The van der Waals surface area contributed by atoms with E-state index in [1.807, 2.05) is 20.1 Å². The number of anilines is 1. The molecule has 1 heterocycles. The van der Waals surface area contributed by atoms with E-state index in [0.717, 1.165) is 0 Å². The van der Waals surface area contributed by atoms with Crippen molar-refractivity contribution in [2.24, 2.45) is 0 Å². The molecule has 17 heavy (non-hydrogen) atoms. The molecule has 2 atom stereocenters. The molecule has 0 aliphatic carbocycles. The molecule has 0 spiro atoms. The summed E-state index contributed by atoms with van der Waals surface area (Å²) in [5, 5.41) is 12.3. The number of aliphatic hydroxyl groups excluding tert-OH is 1. The number of rotatable bonds is 6. The molecule has 1 rings (SSSR count). The standard InChI is InChI=1S/C11H19N3O2S/c1-4-14-6-5-12-10(11(14)16)13-8(2)9(7-15)17-3/h5-6,8-9,15H,4,7H2,1-3H3,(H,12,13). The van der Waals surface area contributed by atoms with Crippen molar-refractivity contribution in [1.29, 1.82) is 0 Å². The molecule has 0 saturated carbocycles. The molecule has 0 aromatic carbocycles. The maximum Gasteiger partial charge on any atom is 0.293 e. The van der Waals surface area contributed by atoms with Gasteiger partial charge in [-0.1, -0.05) is 0 Å². The minimum atomic E-state index is -0.125. The van der Waals surface area contributed by atoms with E-state index in [0.29, 0.717) is 12.4 Å². The summed E-state index contributed by atoms with van der Waals surface area (Å²) in [6.45, 7) is 4.54. The van der Waals surface area contributed by atoms with Gasteiger partial charge in [0.2, 0.25) is 0 Å². The molecule has 1 aromatic rings. The zero-order valence-corrected chi connectivity index (χ0v) is 11.2. The van der Waals surface area contributed by atoms with Crippen LogP contribution in [0.2, 0.25) is 0 Å². The summed E-state index contributed by atoms with van der Waals surface area (Å²) >= 11 is 1.56. The number of nitrogens with zero attached hydrogens (tertiary/aromatic N) is 2. The monoisotopic (exact) mass is 257 g/mol. The lowest BCUT2D eigenvalue weighted by molar-refractivity contribution is 0.288. The van der Waals surface area contributed by atoms with Crippen LogP contribution in [0.15, 0.2) is 17.2 Å². The van der Waals surface area contributed by atoms with Gasteiger partial charge in [0.1, 0.15) is 0 Å². The topological polar surface area (TPSA) is 67.2 Å². The number of aliphatic hydroxyl groups is 1. The van der Waals surface area contributed by atoms with Crippen LogP contribution < -0.4 is 10.9 Å². The van der Waals surface area contributed by atoms with Crippen molar-refractivity contribution in [3.05, 3.63) is 22.7 Å². The Labute approximate surface area is 105 Å². The van der Waals surface area contributed by atoms with E-state index in [1.54, 1.807) is 28.7 Å². The lowest BCUT2D eigenvalue weighted by Crippen LogP contribution is -2.35. The first-order valence-corrected chi connectivity index (χ1v) is 6.88. The molecule has 0 fully saturated rings. The number of hydrogen-bond acceptors (Lipinski definition) is 5. The van der Waals surface area contributed by atoms with Crippen molar-refractivity contribution in [2.45, 2.75) is 31.7 Å². The third-order valence-corrected chi connectivity index (χ3v) is 3.82. The molecule has 0 amide bonds. The van der Waals surface area contributed by atoms with Gasteiger partial charge in [0, 0.05) is 30.2 Å². The van der Waals surface area contributed by atoms with E-state index in [2.05, 4.69) is 10.3 Å². The molecule has 0 radical (unpaired) electrons. The summed E-state index contributed by atoms with van der Waals surface area (Å²) in [5.41, 5.74) is -0.125. The predicted molar refractivity (Wildman–Crippen MR) is 71.6 cm³/mol. The zero-order valence-electron chi connectivity index (χ0n) is 10.4. The Hall–Kier alpha value is -1.01. The van der Waals surface area contributed by atoms with Gasteiger partial charge in [0.25, 0.3) is 5.56 Å². The molecule has 1 aromatic heterocycles. The Bertz CT molecular complexity index is 404. The van der Waals surface area contributed by atoms with Gasteiger partial charge in [0.05, 0.1) is 6.61 Å². The van der Waals surface area contributed by atoms with Crippen LogP contribution in [0, 0.1) is 0 Å². The van der Waals surface area contributed by atoms with Crippen molar-refractivity contribution in [1.82, 2.24) is 9.55 Å². The molecule has 5 nitrogen and oxygen atoms in total. The van der Waals surface area contributed by atoms with E-state index in [-0.39, 0.29) is 23.5 Å². The molecular formula is C11H19N3O2S. The van der Waals surface area contributed by atoms with E-state index in [4.69, 9.17) is 0 Å². The first-order valence-electron chi connectivity index (χ1n) is 5.59. The quantitative estimate of drug-likeness (QED) is 0.788. The van der Waals surface area contributed by atoms with Crippen molar-refractivity contribution in [3.63, 3.8) is 0 Å². The van der Waals surface area contributed by atoms with Crippen LogP contribution in [-0.4, -0.2) is 38.8 Å². The minimum Gasteiger partial charge on any atom is -0.395 e. The van der Waals surface area contributed by atoms with Crippen LogP contribution >= 0.6 is 11.8 Å². The lowest BCUT2D eigenvalue weighted by Gasteiger charge is -2.21. The second-order valence-corrected chi connectivity index (χ2v) is 4.83. The summed E-state index contributed by atoms with van der Waals surface area (Å²) in [4.78, 5) is 15.9. The molecule has 0 aliphatic rings. The molecule has 2 N–H and O–H groups in total. The second-order valence-electron chi connectivity index (χ2n) is 3.76. The fourth-order valence-electron chi connectivity index (χ4n) is 1.54. The predicted octanol–water partition coefficient (Wildman–Crippen LogP) is 0.788. The normalized spacial score (nSPS) is 14.4. The number of aromatic nitrogens is 2. The number of aryl methyl sites for hydroxylation is 1. The summed E-state index contributed by atoms with van der Waals surface area (Å²) in [5.74, 6) is 0.342. The molecular weight excluding hydrogens is 238 g/mol. The van der Waals surface area contributed by atoms with Gasteiger partial charge in [0.15, 0.2) is 5.82 Å². The van der Waals surface area contributed by atoms with Gasteiger partial charge in [-0.15, -0.1) is 0 Å². The molecule has 2 unspecified atom stereocenters. The highest BCUT2D eigenvalue weighted by Gasteiger charge is 2.16. The van der Waals surface area contributed by atoms with Gasteiger partial charge in [-0.2, -0.15) is 11.8 Å². The van der Waals surface area contributed by atoms with E-state index in [1.165, 1.54) is 0 Å². The fourth-order valence-corrected chi connectivity index (χ4v) is 2.17. The second kappa shape index (κ2) is 6.66. The Balaban J connectivity index is 2.85. The largest absolute Gasteiger partial charge is 0.395 e. The summed E-state index contributed by atoms with van der Waals surface area (Å²) < 4.78 is 1.59.